The average molecular weight is 327 g/mol. The number of aromatic nitrogens is 2. The Morgan fingerprint density at radius 2 is 1.96 bits per heavy atom. The monoisotopic (exact) mass is 327 g/mol. The molecule has 0 bridgehead atoms. The first-order valence-electron chi connectivity index (χ1n) is 8.26. The van der Waals surface area contributed by atoms with Crippen LogP contribution in [0.1, 0.15) is 40.2 Å². The first-order valence-corrected chi connectivity index (χ1v) is 8.26. The van der Waals surface area contributed by atoms with Gasteiger partial charge < -0.3 is 10.4 Å². The maximum absolute atomic E-state index is 12.4. The van der Waals surface area contributed by atoms with Gasteiger partial charge in [0.1, 0.15) is 0 Å². The fourth-order valence-electron chi connectivity index (χ4n) is 3.11. The molecule has 1 aromatic heterocycles. The first kappa shape index (κ1) is 16.2. The van der Waals surface area contributed by atoms with Gasteiger partial charge in [-0.3, -0.25) is 14.7 Å². The Balaban J connectivity index is 1.63. The van der Waals surface area contributed by atoms with Crippen molar-refractivity contribution < 1.29 is 14.7 Å². The average Bonchev–Trinajstić information content (AvgIpc) is 3.03. The van der Waals surface area contributed by atoms with E-state index in [9.17, 15) is 14.7 Å². The second-order valence-corrected chi connectivity index (χ2v) is 6.17. The fourth-order valence-corrected chi connectivity index (χ4v) is 3.11. The second kappa shape index (κ2) is 7.29. The van der Waals surface area contributed by atoms with Gasteiger partial charge in [-0.1, -0.05) is 30.3 Å². The lowest BCUT2D eigenvalue weighted by Crippen LogP contribution is -2.34. The van der Waals surface area contributed by atoms with Gasteiger partial charge in [0.25, 0.3) is 5.91 Å². The number of carbonyl (C=O) groups excluding carboxylic acids is 1. The molecule has 0 fully saturated rings. The van der Waals surface area contributed by atoms with E-state index < -0.39 is 11.9 Å². The van der Waals surface area contributed by atoms with Crippen molar-refractivity contribution in [2.24, 2.45) is 5.92 Å². The van der Waals surface area contributed by atoms with E-state index in [0.717, 1.165) is 42.5 Å². The lowest BCUT2D eigenvalue weighted by atomic mass is 9.95. The molecule has 0 saturated heterocycles. The molecule has 3 rings (SSSR count). The molecule has 24 heavy (non-hydrogen) atoms. The molecule has 1 aliphatic carbocycles. The number of carboxylic acids is 1. The van der Waals surface area contributed by atoms with Gasteiger partial charge in [-0.15, -0.1) is 0 Å². The normalized spacial score (nSPS) is 14.7. The molecule has 1 aromatic carbocycles. The van der Waals surface area contributed by atoms with Gasteiger partial charge >= 0.3 is 5.97 Å². The minimum Gasteiger partial charge on any atom is -0.481 e. The quantitative estimate of drug-likeness (QED) is 0.756. The van der Waals surface area contributed by atoms with Crippen LogP contribution in [0.5, 0.6) is 0 Å². The van der Waals surface area contributed by atoms with E-state index in [4.69, 9.17) is 0 Å². The molecule has 0 saturated carbocycles. The number of carbonyl (C=O) groups is 2. The number of benzene rings is 1. The third kappa shape index (κ3) is 3.64. The molecule has 1 heterocycles. The van der Waals surface area contributed by atoms with E-state index in [1.54, 1.807) is 0 Å². The molecule has 6 nitrogen and oxygen atoms in total. The summed E-state index contributed by atoms with van der Waals surface area (Å²) in [6, 6.07) is 9.43. The first-order chi connectivity index (χ1) is 11.6. The van der Waals surface area contributed by atoms with E-state index in [1.807, 2.05) is 30.3 Å². The topological polar surface area (TPSA) is 95.1 Å². The Labute approximate surface area is 140 Å². The Bertz CT molecular complexity index is 724. The Kier molecular flexibility index (Phi) is 4.93. The van der Waals surface area contributed by atoms with Crippen LogP contribution in [-0.4, -0.2) is 33.7 Å². The van der Waals surface area contributed by atoms with Crippen LogP contribution in [0.15, 0.2) is 30.3 Å². The highest BCUT2D eigenvalue weighted by molar-refractivity contribution is 5.94. The fraction of sp³-hybridized carbons (Fsp3) is 0.389. The predicted molar refractivity (Wildman–Crippen MR) is 88.8 cm³/mol. The van der Waals surface area contributed by atoms with Crippen molar-refractivity contribution in [1.29, 1.82) is 0 Å². The van der Waals surface area contributed by atoms with Crippen LogP contribution in [0.3, 0.4) is 0 Å². The molecule has 0 aliphatic heterocycles. The predicted octanol–water partition coefficient (Wildman–Crippen LogP) is 1.96. The van der Waals surface area contributed by atoms with E-state index in [2.05, 4.69) is 15.5 Å². The summed E-state index contributed by atoms with van der Waals surface area (Å²) in [6.07, 6.45) is 4.31. The molecular weight excluding hydrogens is 306 g/mol. The van der Waals surface area contributed by atoms with Crippen LogP contribution in [0.25, 0.3) is 0 Å². The zero-order valence-corrected chi connectivity index (χ0v) is 13.4. The van der Waals surface area contributed by atoms with Crippen molar-refractivity contribution >= 4 is 11.9 Å². The van der Waals surface area contributed by atoms with Crippen molar-refractivity contribution in [2.75, 3.05) is 6.54 Å². The molecule has 1 atom stereocenters. The summed E-state index contributed by atoms with van der Waals surface area (Å²) in [5, 5.41) is 19.2. The van der Waals surface area contributed by atoms with Gasteiger partial charge in [0, 0.05) is 17.8 Å². The van der Waals surface area contributed by atoms with Crippen LogP contribution >= 0.6 is 0 Å². The zero-order chi connectivity index (χ0) is 16.9. The summed E-state index contributed by atoms with van der Waals surface area (Å²) in [5.41, 5.74) is 3.36. The number of aryl methyl sites for hydroxylation is 1. The van der Waals surface area contributed by atoms with Crippen LogP contribution in [0.4, 0.5) is 0 Å². The lowest BCUT2D eigenvalue weighted by molar-refractivity contribution is -0.141. The number of fused-ring (bicyclic) bond motifs is 1. The molecule has 3 N–H and O–H groups in total. The van der Waals surface area contributed by atoms with Gasteiger partial charge in [-0.05, 0) is 37.7 Å². The number of nitrogens with zero attached hydrogens (tertiary/aromatic N) is 1. The number of rotatable bonds is 6. The maximum atomic E-state index is 12.4. The van der Waals surface area contributed by atoms with Crippen molar-refractivity contribution in [3.05, 3.63) is 52.8 Å². The summed E-state index contributed by atoms with van der Waals surface area (Å²) in [5.74, 6) is -1.87. The SMILES string of the molecule is O=C(NC[C@@H](Cc1ccccc1)C(=O)O)c1n[nH]c2c1CCCC2. The van der Waals surface area contributed by atoms with Crippen LogP contribution < -0.4 is 5.32 Å². The number of aromatic amines is 1. The van der Waals surface area contributed by atoms with Gasteiger partial charge in [0.15, 0.2) is 5.69 Å². The lowest BCUT2D eigenvalue weighted by Gasteiger charge is -2.14. The minimum absolute atomic E-state index is 0.0880. The molecule has 126 valence electrons. The molecule has 2 aromatic rings. The number of H-pyrrole nitrogens is 1. The summed E-state index contributed by atoms with van der Waals surface area (Å²) < 4.78 is 0. The highest BCUT2D eigenvalue weighted by Crippen LogP contribution is 2.22. The number of aliphatic carboxylic acids is 1. The largest absolute Gasteiger partial charge is 0.481 e. The molecule has 6 heteroatoms. The highest BCUT2D eigenvalue weighted by atomic mass is 16.4. The van der Waals surface area contributed by atoms with Crippen molar-refractivity contribution in [3.63, 3.8) is 0 Å². The van der Waals surface area contributed by atoms with Gasteiger partial charge in [0.2, 0.25) is 0 Å². The zero-order valence-electron chi connectivity index (χ0n) is 13.4. The summed E-state index contributed by atoms with van der Waals surface area (Å²) in [6.45, 7) is 0.0880. The maximum Gasteiger partial charge on any atom is 0.308 e. The number of carboxylic acid groups (broad SMARTS) is 1. The van der Waals surface area contributed by atoms with Gasteiger partial charge in [-0.2, -0.15) is 5.10 Å². The summed E-state index contributed by atoms with van der Waals surface area (Å²) in [4.78, 5) is 23.8. The highest BCUT2D eigenvalue weighted by Gasteiger charge is 2.24. The molecule has 1 amide bonds. The molecule has 0 spiro atoms. The van der Waals surface area contributed by atoms with Gasteiger partial charge in [0.05, 0.1) is 5.92 Å². The summed E-state index contributed by atoms with van der Waals surface area (Å²) >= 11 is 0. The van der Waals surface area contributed by atoms with E-state index in [1.165, 1.54) is 0 Å². The second-order valence-electron chi connectivity index (χ2n) is 6.17. The Morgan fingerprint density at radius 1 is 1.21 bits per heavy atom. The van der Waals surface area contributed by atoms with Crippen LogP contribution in [0, 0.1) is 5.92 Å². The van der Waals surface area contributed by atoms with Crippen LogP contribution in [0.2, 0.25) is 0 Å². The third-order valence-electron chi connectivity index (χ3n) is 4.45. The van der Waals surface area contributed by atoms with Crippen molar-refractivity contribution in [2.45, 2.75) is 32.1 Å². The number of hydrogen-bond acceptors (Lipinski definition) is 3. The van der Waals surface area contributed by atoms with E-state index in [-0.39, 0.29) is 12.5 Å². The Morgan fingerprint density at radius 3 is 2.71 bits per heavy atom. The van der Waals surface area contributed by atoms with E-state index in [0.29, 0.717) is 12.1 Å². The Hall–Kier alpha value is -2.63. The number of amides is 1. The van der Waals surface area contributed by atoms with Crippen LogP contribution in [-0.2, 0) is 24.1 Å². The van der Waals surface area contributed by atoms with Crippen molar-refractivity contribution in [3.8, 4) is 0 Å². The smallest absolute Gasteiger partial charge is 0.308 e. The number of hydrogen-bond donors (Lipinski definition) is 3. The molecular formula is C18H21N3O3. The van der Waals surface area contributed by atoms with Gasteiger partial charge in [-0.25, -0.2) is 0 Å². The summed E-state index contributed by atoms with van der Waals surface area (Å²) in [7, 11) is 0. The molecule has 0 unspecified atom stereocenters. The molecule has 1 aliphatic rings. The minimum atomic E-state index is -0.914. The van der Waals surface area contributed by atoms with Crippen molar-refractivity contribution in [1.82, 2.24) is 15.5 Å². The van der Waals surface area contributed by atoms with E-state index >= 15 is 0 Å². The standard InChI is InChI=1S/C18H21N3O3/c22-17(16-14-8-4-5-9-15(14)20-21-16)19-11-13(18(23)24)10-12-6-2-1-3-7-12/h1-3,6-7,13H,4-5,8-11H2,(H,19,22)(H,20,21)(H,23,24)/t13-/m1/s1. The molecule has 0 radical (unpaired) electrons. The number of nitrogens with one attached hydrogen (secondary N) is 2. The third-order valence-corrected chi connectivity index (χ3v) is 4.45.